The van der Waals surface area contributed by atoms with Gasteiger partial charge in [-0.25, -0.2) is 0 Å². The number of nitrogens with zero attached hydrogens (tertiary/aromatic N) is 2. The molecule has 1 N–H and O–H groups in total. The Labute approximate surface area is 121 Å². The number of hydrogen-bond donors (Lipinski definition) is 1. The van der Waals surface area contributed by atoms with Crippen molar-refractivity contribution in [2.24, 2.45) is 0 Å². The average molecular weight is 292 g/mol. The fourth-order valence-corrected chi connectivity index (χ4v) is 2.31. The van der Waals surface area contributed by atoms with Gasteiger partial charge < -0.3 is 5.32 Å². The fourth-order valence-electron chi connectivity index (χ4n) is 1.82. The van der Waals surface area contributed by atoms with Crippen molar-refractivity contribution in [2.75, 3.05) is 5.32 Å². The number of benzene rings is 1. The Morgan fingerprint density at radius 3 is 2.42 bits per heavy atom. The molecule has 0 saturated carbocycles. The Kier molecular flexibility index (Phi) is 3.94. The summed E-state index contributed by atoms with van der Waals surface area (Å²) >= 11 is 12.2. The van der Waals surface area contributed by atoms with E-state index in [1.165, 1.54) is 0 Å². The van der Waals surface area contributed by atoms with Gasteiger partial charge in [-0.15, -0.1) is 0 Å². The summed E-state index contributed by atoms with van der Waals surface area (Å²) in [6.45, 7) is 3.67. The van der Waals surface area contributed by atoms with Crippen molar-refractivity contribution in [1.82, 2.24) is 4.98 Å². The van der Waals surface area contributed by atoms with E-state index in [1.807, 2.05) is 6.92 Å². The van der Waals surface area contributed by atoms with E-state index >= 15 is 0 Å². The molecule has 1 heterocycles. The third kappa shape index (κ3) is 2.81. The molecule has 1 aromatic carbocycles. The maximum absolute atomic E-state index is 9.21. The number of nitrogens with one attached hydrogen (secondary N) is 1. The van der Waals surface area contributed by atoms with Crippen LogP contribution in [0.3, 0.4) is 0 Å². The van der Waals surface area contributed by atoms with E-state index in [4.69, 9.17) is 23.2 Å². The van der Waals surface area contributed by atoms with Crippen molar-refractivity contribution in [1.29, 1.82) is 5.26 Å². The predicted molar refractivity (Wildman–Crippen MR) is 78.2 cm³/mol. The number of aromatic nitrogens is 1. The van der Waals surface area contributed by atoms with Gasteiger partial charge >= 0.3 is 0 Å². The van der Waals surface area contributed by atoms with Crippen LogP contribution < -0.4 is 5.32 Å². The Balaban J connectivity index is 2.53. The lowest BCUT2D eigenvalue weighted by Crippen LogP contribution is -2.00. The minimum absolute atomic E-state index is 0.488. The number of aryl methyl sites for hydroxylation is 2. The largest absolute Gasteiger partial charge is 0.352 e. The first-order chi connectivity index (χ1) is 9.02. The van der Waals surface area contributed by atoms with Crippen LogP contribution in [-0.4, -0.2) is 4.98 Å². The third-order valence-corrected chi connectivity index (χ3v) is 3.29. The normalized spacial score (nSPS) is 10.1. The molecule has 3 nitrogen and oxygen atoms in total. The molecule has 1 aromatic heterocycles. The average Bonchev–Trinajstić information content (AvgIpc) is 2.33. The molecular formula is C14H11Cl2N3. The molecule has 19 heavy (non-hydrogen) atoms. The monoisotopic (exact) mass is 291 g/mol. The van der Waals surface area contributed by atoms with Crippen LogP contribution in [0, 0.1) is 25.2 Å². The first-order valence-electron chi connectivity index (χ1n) is 5.62. The molecular weight excluding hydrogens is 281 g/mol. The van der Waals surface area contributed by atoms with E-state index in [2.05, 4.69) is 16.4 Å². The maximum Gasteiger partial charge on any atom is 0.103 e. The first kappa shape index (κ1) is 13.7. The van der Waals surface area contributed by atoms with Crippen LogP contribution in [0.1, 0.15) is 17.0 Å². The molecule has 0 bridgehead atoms. The van der Waals surface area contributed by atoms with Gasteiger partial charge in [0.1, 0.15) is 6.07 Å². The van der Waals surface area contributed by atoms with E-state index in [-0.39, 0.29) is 0 Å². The molecule has 5 heteroatoms. The summed E-state index contributed by atoms with van der Waals surface area (Å²) < 4.78 is 0. The second-order valence-corrected chi connectivity index (χ2v) is 4.92. The predicted octanol–water partition coefficient (Wildman–Crippen LogP) is 4.62. The van der Waals surface area contributed by atoms with Crippen molar-refractivity contribution in [2.45, 2.75) is 13.8 Å². The van der Waals surface area contributed by atoms with Gasteiger partial charge in [-0.3, -0.25) is 4.98 Å². The van der Waals surface area contributed by atoms with Crippen LogP contribution in [-0.2, 0) is 0 Å². The zero-order valence-corrected chi connectivity index (χ0v) is 12.0. The van der Waals surface area contributed by atoms with E-state index in [9.17, 15) is 5.26 Å². The van der Waals surface area contributed by atoms with Gasteiger partial charge in [-0.1, -0.05) is 29.3 Å². The zero-order chi connectivity index (χ0) is 14.0. The highest BCUT2D eigenvalue weighted by molar-refractivity contribution is 6.39. The van der Waals surface area contributed by atoms with E-state index < -0.39 is 0 Å². The van der Waals surface area contributed by atoms with Gasteiger partial charge in [-0.2, -0.15) is 5.26 Å². The topological polar surface area (TPSA) is 48.7 Å². The number of pyridine rings is 1. The lowest BCUT2D eigenvalue weighted by Gasteiger charge is -2.13. The van der Waals surface area contributed by atoms with Crippen LogP contribution in [0.25, 0.3) is 0 Å². The number of para-hydroxylation sites is 1. The molecule has 0 aliphatic carbocycles. The molecule has 2 rings (SSSR count). The van der Waals surface area contributed by atoms with Crippen molar-refractivity contribution < 1.29 is 0 Å². The first-order valence-corrected chi connectivity index (χ1v) is 6.38. The second kappa shape index (κ2) is 5.48. The minimum atomic E-state index is 0.488. The standard InChI is InChI=1S/C14H11Cl2N3/c1-8-6-13(10(7-17)9(2)18-8)19-14-11(15)4-3-5-12(14)16/h3-6H,1-2H3,(H,18,19). The van der Waals surface area contributed by atoms with Gasteiger partial charge in [0.25, 0.3) is 0 Å². The summed E-state index contributed by atoms with van der Waals surface area (Å²) in [5.74, 6) is 0. The molecule has 0 saturated heterocycles. The smallest absolute Gasteiger partial charge is 0.103 e. The van der Waals surface area contributed by atoms with E-state index in [0.29, 0.717) is 32.7 Å². The van der Waals surface area contributed by atoms with Crippen molar-refractivity contribution >= 4 is 34.6 Å². The highest BCUT2D eigenvalue weighted by Crippen LogP contribution is 2.34. The Bertz CT molecular complexity index is 655. The number of halogens is 2. The van der Waals surface area contributed by atoms with E-state index in [0.717, 1.165) is 5.69 Å². The van der Waals surface area contributed by atoms with Gasteiger partial charge in [0, 0.05) is 5.69 Å². The summed E-state index contributed by atoms with van der Waals surface area (Å²) in [4.78, 5) is 4.26. The Morgan fingerprint density at radius 2 is 1.84 bits per heavy atom. The minimum Gasteiger partial charge on any atom is -0.352 e. The molecule has 0 aliphatic heterocycles. The lowest BCUT2D eigenvalue weighted by molar-refractivity contribution is 1.11. The molecule has 96 valence electrons. The van der Waals surface area contributed by atoms with Crippen molar-refractivity contribution in [3.63, 3.8) is 0 Å². The van der Waals surface area contributed by atoms with Gasteiger partial charge in [0.2, 0.25) is 0 Å². The van der Waals surface area contributed by atoms with Gasteiger partial charge in [0.05, 0.1) is 32.7 Å². The number of hydrogen-bond acceptors (Lipinski definition) is 3. The molecule has 0 unspecified atom stereocenters. The molecule has 0 atom stereocenters. The summed E-state index contributed by atoms with van der Waals surface area (Å²) in [6, 6.07) is 9.18. The number of anilines is 2. The van der Waals surface area contributed by atoms with Crippen molar-refractivity contribution in [3.05, 3.63) is 51.3 Å². The van der Waals surface area contributed by atoms with Crippen LogP contribution in [0.2, 0.25) is 10.0 Å². The maximum atomic E-state index is 9.21. The molecule has 0 radical (unpaired) electrons. The van der Waals surface area contributed by atoms with Crippen molar-refractivity contribution in [3.8, 4) is 6.07 Å². The quantitative estimate of drug-likeness (QED) is 0.878. The van der Waals surface area contributed by atoms with E-state index in [1.54, 1.807) is 31.2 Å². The highest BCUT2D eigenvalue weighted by Gasteiger charge is 2.11. The fraction of sp³-hybridized carbons (Fsp3) is 0.143. The third-order valence-electron chi connectivity index (χ3n) is 2.66. The summed E-state index contributed by atoms with van der Waals surface area (Å²) in [5.41, 5.74) is 3.23. The van der Waals surface area contributed by atoms with Crippen LogP contribution >= 0.6 is 23.2 Å². The molecule has 2 aromatic rings. The van der Waals surface area contributed by atoms with Crippen LogP contribution in [0.4, 0.5) is 11.4 Å². The molecule has 0 fully saturated rings. The highest BCUT2D eigenvalue weighted by atomic mass is 35.5. The molecule has 0 amide bonds. The summed E-state index contributed by atoms with van der Waals surface area (Å²) in [7, 11) is 0. The molecule has 0 spiro atoms. The van der Waals surface area contributed by atoms with Gasteiger partial charge in [-0.05, 0) is 32.0 Å². The SMILES string of the molecule is Cc1cc(Nc2c(Cl)cccc2Cl)c(C#N)c(C)n1. The Hall–Kier alpha value is -1.76. The summed E-state index contributed by atoms with van der Waals surface area (Å²) in [6.07, 6.45) is 0. The number of nitriles is 1. The second-order valence-electron chi connectivity index (χ2n) is 4.11. The molecule has 0 aliphatic rings. The van der Waals surface area contributed by atoms with Gasteiger partial charge in [0.15, 0.2) is 0 Å². The number of rotatable bonds is 2. The van der Waals surface area contributed by atoms with Crippen LogP contribution in [0.15, 0.2) is 24.3 Å². The lowest BCUT2D eigenvalue weighted by atomic mass is 10.1. The van der Waals surface area contributed by atoms with Crippen LogP contribution in [0.5, 0.6) is 0 Å². The Morgan fingerprint density at radius 1 is 1.21 bits per heavy atom. The zero-order valence-electron chi connectivity index (χ0n) is 10.5. The summed E-state index contributed by atoms with van der Waals surface area (Å²) in [5, 5.41) is 13.3.